The second kappa shape index (κ2) is 7.36. The first kappa shape index (κ1) is 17.6. The van der Waals surface area contributed by atoms with Crippen molar-refractivity contribution in [1.82, 2.24) is 5.32 Å². The summed E-state index contributed by atoms with van der Waals surface area (Å²) in [4.78, 5) is 0. The predicted molar refractivity (Wildman–Crippen MR) is 100 cm³/mol. The van der Waals surface area contributed by atoms with Crippen molar-refractivity contribution in [2.75, 3.05) is 27.4 Å². The highest BCUT2D eigenvalue weighted by Crippen LogP contribution is 2.42. The summed E-state index contributed by atoms with van der Waals surface area (Å²) in [5.41, 5.74) is 6.14. The van der Waals surface area contributed by atoms with Crippen LogP contribution in [0.3, 0.4) is 0 Å². The molecule has 3 rings (SSSR count). The Bertz CT molecular complexity index is 770. The minimum Gasteiger partial charge on any atom is -0.494 e. The smallest absolute Gasteiger partial charge is 0.164 e. The lowest BCUT2D eigenvalue weighted by atomic mass is 9.87. The normalized spacial score (nSPS) is 16.3. The maximum absolute atomic E-state index is 5.95. The third kappa shape index (κ3) is 3.19. The summed E-state index contributed by atoms with van der Waals surface area (Å²) in [5, 5.41) is 3.65. The van der Waals surface area contributed by atoms with Gasteiger partial charge < -0.3 is 19.5 Å². The van der Waals surface area contributed by atoms with Gasteiger partial charge in [-0.2, -0.15) is 0 Å². The summed E-state index contributed by atoms with van der Waals surface area (Å²) in [6.07, 6.45) is 0.918. The molecule has 0 bridgehead atoms. The van der Waals surface area contributed by atoms with Crippen LogP contribution in [0.25, 0.3) is 0 Å². The number of hydrogen-bond donors (Lipinski definition) is 1. The minimum atomic E-state index is 0.0874. The largest absolute Gasteiger partial charge is 0.494 e. The Morgan fingerprint density at radius 1 is 1.00 bits per heavy atom. The molecule has 4 nitrogen and oxygen atoms in total. The van der Waals surface area contributed by atoms with E-state index in [2.05, 4.69) is 37.4 Å². The van der Waals surface area contributed by atoms with Crippen molar-refractivity contribution >= 4 is 0 Å². The van der Waals surface area contributed by atoms with Crippen LogP contribution in [0.15, 0.2) is 24.3 Å². The maximum atomic E-state index is 5.95. The van der Waals surface area contributed by atoms with Crippen LogP contribution in [-0.4, -0.2) is 27.4 Å². The molecule has 0 amide bonds. The van der Waals surface area contributed by atoms with Gasteiger partial charge in [0.2, 0.25) is 0 Å². The van der Waals surface area contributed by atoms with E-state index in [0.717, 1.165) is 30.2 Å². The third-order valence-corrected chi connectivity index (χ3v) is 4.96. The monoisotopic (exact) mass is 341 g/mol. The molecule has 134 valence electrons. The SMILES string of the molecule is CCOc1cc(C)c(C)cc1C1NCCc2c1ccc(OC)c2OC. The number of benzene rings is 2. The third-order valence-electron chi connectivity index (χ3n) is 4.96. The molecule has 1 aliphatic rings. The van der Waals surface area contributed by atoms with Crippen LogP contribution >= 0.6 is 0 Å². The second-order valence-electron chi connectivity index (χ2n) is 6.41. The second-order valence-corrected chi connectivity index (χ2v) is 6.41. The van der Waals surface area contributed by atoms with Crippen LogP contribution in [-0.2, 0) is 6.42 Å². The van der Waals surface area contributed by atoms with Gasteiger partial charge in [-0.25, -0.2) is 0 Å². The van der Waals surface area contributed by atoms with Crippen molar-refractivity contribution in [3.05, 3.63) is 52.1 Å². The van der Waals surface area contributed by atoms with Gasteiger partial charge in [0.25, 0.3) is 0 Å². The van der Waals surface area contributed by atoms with Gasteiger partial charge in [0.1, 0.15) is 5.75 Å². The minimum absolute atomic E-state index is 0.0874. The summed E-state index contributed by atoms with van der Waals surface area (Å²) in [6, 6.07) is 8.59. The Balaban J connectivity index is 2.14. The molecule has 0 radical (unpaired) electrons. The number of nitrogens with one attached hydrogen (secondary N) is 1. The van der Waals surface area contributed by atoms with E-state index in [-0.39, 0.29) is 6.04 Å². The average molecular weight is 341 g/mol. The van der Waals surface area contributed by atoms with Gasteiger partial charge in [-0.15, -0.1) is 0 Å². The van der Waals surface area contributed by atoms with Crippen LogP contribution in [0.5, 0.6) is 17.2 Å². The molecule has 4 heteroatoms. The topological polar surface area (TPSA) is 39.7 Å². The summed E-state index contributed by atoms with van der Waals surface area (Å²) >= 11 is 0. The lowest BCUT2D eigenvalue weighted by Crippen LogP contribution is -2.31. The Kier molecular flexibility index (Phi) is 5.19. The number of methoxy groups -OCH3 is 2. The fraction of sp³-hybridized carbons (Fsp3) is 0.429. The summed E-state index contributed by atoms with van der Waals surface area (Å²) in [5.74, 6) is 2.58. The van der Waals surface area contributed by atoms with Crippen molar-refractivity contribution in [1.29, 1.82) is 0 Å². The van der Waals surface area contributed by atoms with E-state index in [1.54, 1.807) is 14.2 Å². The van der Waals surface area contributed by atoms with Gasteiger partial charge in [-0.1, -0.05) is 12.1 Å². The van der Waals surface area contributed by atoms with Gasteiger partial charge in [-0.05, 0) is 56.0 Å². The van der Waals surface area contributed by atoms with Crippen LogP contribution in [0.1, 0.15) is 40.8 Å². The molecule has 1 unspecified atom stereocenters. The summed E-state index contributed by atoms with van der Waals surface area (Å²) in [6.45, 7) is 7.83. The Morgan fingerprint density at radius 3 is 2.44 bits per heavy atom. The fourth-order valence-electron chi connectivity index (χ4n) is 3.58. The van der Waals surface area contributed by atoms with Crippen LogP contribution in [0.4, 0.5) is 0 Å². The van der Waals surface area contributed by atoms with Gasteiger partial charge in [-0.3, -0.25) is 0 Å². The average Bonchev–Trinajstić information content (AvgIpc) is 2.63. The molecule has 2 aromatic carbocycles. The van der Waals surface area contributed by atoms with Gasteiger partial charge in [0.15, 0.2) is 11.5 Å². The van der Waals surface area contributed by atoms with Gasteiger partial charge >= 0.3 is 0 Å². The van der Waals surface area contributed by atoms with E-state index >= 15 is 0 Å². The highest BCUT2D eigenvalue weighted by atomic mass is 16.5. The maximum Gasteiger partial charge on any atom is 0.164 e. The molecule has 0 fully saturated rings. The molecule has 0 aromatic heterocycles. The van der Waals surface area contributed by atoms with E-state index in [9.17, 15) is 0 Å². The van der Waals surface area contributed by atoms with Crippen molar-refractivity contribution in [3.63, 3.8) is 0 Å². The number of ether oxygens (including phenoxy) is 3. The van der Waals surface area contributed by atoms with Gasteiger partial charge in [0.05, 0.1) is 26.9 Å². The molecule has 1 atom stereocenters. The molecule has 0 saturated heterocycles. The lowest BCUT2D eigenvalue weighted by Gasteiger charge is -2.30. The zero-order valence-corrected chi connectivity index (χ0v) is 15.7. The summed E-state index contributed by atoms with van der Waals surface area (Å²) in [7, 11) is 3.39. The quantitative estimate of drug-likeness (QED) is 0.894. The lowest BCUT2D eigenvalue weighted by molar-refractivity contribution is 0.331. The highest BCUT2D eigenvalue weighted by molar-refractivity contribution is 5.56. The number of fused-ring (bicyclic) bond motifs is 1. The molecule has 1 N–H and O–H groups in total. The Hall–Kier alpha value is -2.20. The first-order valence-electron chi connectivity index (χ1n) is 8.81. The van der Waals surface area contributed by atoms with E-state index in [1.807, 2.05) is 13.0 Å². The molecule has 0 spiro atoms. The van der Waals surface area contributed by atoms with Crippen LogP contribution in [0, 0.1) is 13.8 Å². The molecule has 2 aromatic rings. The standard InChI is InChI=1S/C21H27NO3/c1-6-25-19-12-14(3)13(2)11-17(19)20-15-7-8-18(23-4)21(24-5)16(15)9-10-22-20/h7-8,11-12,20,22H,6,9-10H2,1-5H3. The number of hydrogen-bond acceptors (Lipinski definition) is 4. The molecular weight excluding hydrogens is 314 g/mol. The van der Waals surface area contributed by atoms with Crippen molar-refractivity contribution < 1.29 is 14.2 Å². The molecule has 1 heterocycles. The molecule has 25 heavy (non-hydrogen) atoms. The van der Waals surface area contributed by atoms with E-state index < -0.39 is 0 Å². The fourth-order valence-corrected chi connectivity index (χ4v) is 3.58. The Morgan fingerprint density at radius 2 is 1.76 bits per heavy atom. The summed E-state index contributed by atoms with van der Waals surface area (Å²) < 4.78 is 17.1. The Labute approximate surface area is 150 Å². The van der Waals surface area contributed by atoms with E-state index in [4.69, 9.17) is 14.2 Å². The molecule has 1 aliphatic heterocycles. The zero-order valence-electron chi connectivity index (χ0n) is 15.7. The van der Waals surface area contributed by atoms with Gasteiger partial charge in [0, 0.05) is 17.7 Å². The predicted octanol–water partition coefficient (Wildman–Crippen LogP) is 3.95. The van der Waals surface area contributed by atoms with Crippen LogP contribution < -0.4 is 19.5 Å². The molecule has 0 aliphatic carbocycles. The highest BCUT2D eigenvalue weighted by Gasteiger charge is 2.28. The van der Waals surface area contributed by atoms with Crippen LogP contribution in [0.2, 0.25) is 0 Å². The van der Waals surface area contributed by atoms with E-state index in [1.165, 1.54) is 27.8 Å². The first-order valence-corrected chi connectivity index (χ1v) is 8.81. The zero-order chi connectivity index (χ0) is 18.0. The van der Waals surface area contributed by atoms with Crippen molar-refractivity contribution in [2.24, 2.45) is 0 Å². The van der Waals surface area contributed by atoms with E-state index in [0.29, 0.717) is 6.61 Å². The molecule has 0 saturated carbocycles. The first-order chi connectivity index (χ1) is 12.1. The van der Waals surface area contributed by atoms with Crippen molar-refractivity contribution in [3.8, 4) is 17.2 Å². The number of rotatable bonds is 5. The van der Waals surface area contributed by atoms with Crippen molar-refractivity contribution in [2.45, 2.75) is 33.2 Å². The molecular formula is C21H27NO3. The number of aryl methyl sites for hydroxylation is 2.